The van der Waals surface area contributed by atoms with Gasteiger partial charge in [0.05, 0.1) is 4.90 Å². The Kier molecular flexibility index (Phi) is 3.33. The molecule has 0 aromatic heterocycles. The first-order valence-electron chi connectivity index (χ1n) is 6.53. The summed E-state index contributed by atoms with van der Waals surface area (Å²) < 4.78 is 27.1. The minimum atomic E-state index is -3.45. The summed E-state index contributed by atoms with van der Waals surface area (Å²) in [7, 11) is -3.45. The van der Waals surface area contributed by atoms with Crippen LogP contribution in [0.25, 0.3) is 0 Å². The molecule has 104 valence electrons. The van der Waals surface area contributed by atoms with Gasteiger partial charge in [0.25, 0.3) is 0 Å². The van der Waals surface area contributed by atoms with E-state index in [1.807, 2.05) is 0 Å². The summed E-state index contributed by atoms with van der Waals surface area (Å²) >= 11 is 5.90. The van der Waals surface area contributed by atoms with Crippen molar-refractivity contribution in [3.8, 4) is 0 Å². The van der Waals surface area contributed by atoms with Crippen molar-refractivity contribution in [2.45, 2.75) is 48.7 Å². The molecule has 3 rings (SSSR count). The fraction of sp³-hybridized carbons (Fsp3) is 0.538. The number of halogens is 1. The van der Waals surface area contributed by atoms with Crippen LogP contribution in [0.1, 0.15) is 25.7 Å². The molecule has 2 unspecified atom stereocenters. The largest absolute Gasteiger partial charge is 0.328 e. The van der Waals surface area contributed by atoms with Crippen molar-refractivity contribution in [2.75, 3.05) is 0 Å². The smallest absolute Gasteiger partial charge is 0.243 e. The Labute approximate surface area is 118 Å². The van der Waals surface area contributed by atoms with Crippen molar-refractivity contribution >= 4 is 21.6 Å². The first-order valence-corrected chi connectivity index (χ1v) is 8.35. The molecule has 0 saturated carbocycles. The summed E-state index contributed by atoms with van der Waals surface area (Å²) in [5.74, 6) is 0. The molecule has 0 spiro atoms. The molecule has 2 saturated heterocycles. The normalized spacial score (nSPS) is 31.6. The molecule has 0 radical (unpaired) electrons. The van der Waals surface area contributed by atoms with Crippen LogP contribution >= 0.6 is 11.6 Å². The number of benzene rings is 1. The molecule has 19 heavy (non-hydrogen) atoms. The van der Waals surface area contributed by atoms with Crippen molar-refractivity contribution in [3.63, 3.8) is 0 Å². The zero-order valence-electron chi connectivity index (χ0n) is 10.5. The van der Waals surface area contributed by atoms with Crippen LogP contribution in [0.2, 0.25) is 5.02 Å². The highest BCUT2D eigenvalue weighted by atomic mass is 35.5. The van der Waals surface area contributed by atoms with Gasteiger partial charge in [0, 0.05) is 23.1 Å². The molecule has 2 aliphatic heterocycles. The van der Waals surface area contributed by atoms with Gasteiger partial charge in [-0.1, -0.05) is 17.7 Å². The number of nitrogens with zero attached hydrogens (tertiary/aromatic N) is 1. The highest BCUT2D eigenvalue weighted by Gasteiger charge is 2.46. The molecular formula is C13H17ClN2O2S. The summed E-state index contributed by atoms with van der Waals surface area (Å²) in [6.45, 7) is 0. The maximum Gasteiger partial charge on any atom is 0.243 e. The van der Waals surface area contributed by atoms with Crippen LogP contribution in [0, 0.1) is 0 Å². The highest BCUT2D eigenvalue weighted by Crippen LogP contribution is 2.39. The van der Waals surface area contributed by atoms with Crippen molar-refractivity contribution in [3.05, 3.63) is 29.3 Å². The third kappa shape index (κ3) is 2.29. The van der Waals surface area contributed by atoms with Gasteiger partial charge in [-0.15, -0.1) is 0 Å². The standard InChI is InChI=1S/C13H17ClN2O2S/c14-9-2-1-3-13(6-9)19(17,18)16-11-4-5-12(16)8-10(15)7-11/h1-3,6,10-12H,4-5,7-8,15H2. The molecule has 2 atom stereocenters. The minimum Gasteiger partial charge on any atom is -0.328 e. The van der Waals surface area contributed by atoms with Gasteiger partial charge in [0.15, 0.2) is 0 Å². The van der Waals surface area contributed by atoms with Gasteiger partial charge >= 0.3 is 0 Å². The van der Waals surface area contributed by atoms with Gasteiger partial charge in [0.1, 0.15) is 0 Å². The number of sulfonamides is 1. The molecule has 1 aromatic rings. The van der Waals surface area contributed by atoms with Gasteiger partial charge in [0.2, 0.25) is 10.0 Å². The second-order valence-electron chi connectivity index (χ2n) is 5.41. The van der Waals surface area contributed by atoms with E-state index >= 15 is 0 Å². The Bertz CT molecular complexity index is 576. The number of piperidine rings is 1. The van der Waals surface area contributed by atoms with Crippen LogP contribution in [0.4, 0.5) is 0 Å². The molecule has 2 aliphatic rings. The van der Waals surface area contributed by atoms with E-state index < -0.39 is 10.0 Å². The van der Waals surface area contributed by atoms with Crippen molar-refractivity contribution < 1.29 is 8.42 Å². The van der Waals surface area contributed by atoms with Gasteiger partial charge < -0.3 is 5.73 Å². The van der Waals surface area contributed by atoms with Crippen LogP contribution in [0.5, 0.6) is 0 Å². The summed E-state index contributed by atoms with van der Waals surface area (Å²) in [5, 5.41) is 0.446. The molecule has 2 heterocycles. The third-order valence-corrected chi connectivity index (χ3v) is 6.31. The first kappa shape index (κ1) is 13.4. The van der Waals surface area contributed by atoms with E-state index in [9.17, 15) is 8.42 Å². The molecule has 6 heteroatoms. The summed E-state index contributed by atoms with van der Waals surface area (Å²) in [4.78, 5) is 0.285. The van der Waals surface area contributed by atoms with Crippen molar-refractivity contribution in [2.24, 2.45) is 5.73 Å². The number of rotatable bonds is 2. The second-order valence-corrected chi connectivity index (χ2v) is 7.69. The Balaban J connectivity index is 1.98. The van der Waals surface area contributed by atoms with Gasteiger partial charge in [-0.3, -0.25) is 0 Å². The average molecular weight is 301 g/mol. The van der Waals surface area contributed by atoms with E-state index in [1.54, 1.807) is 22.5 Å². The second kappa shape index (κ2) is 4.74. The van der Waals surface area contributed by atoms with E-state index in [1.165, 1.54) is 6.07 Å². The molecule has 2 bridgehead atoms. The highest BCUT2D eigenvalue weighted by molar-refractivity contribution is 7.89. The lowest BCUT2D eigenvalue weighted by Gasteiger charge is -2.36. The van der Waals surface area contributed by atoms with E-state index in [0.717, 1.165) is 25.7 Å². The Morgan fingerprint density at radius 1 is 1.21 bits per heavy atom. The zero-order chi connectivity index (χ0) is 13.6. The fourth-order valence-corrected chi connectivity index (χ4v) is 5.51. The topological polar surface area (TPSA) is 63.4 Å². The lowest BCUT2D eigenvalue weighted by atomic mass is 10.0. The fourth-order valence-electron chi connectivity index (χ4n) is 3.32. The van der Waals surface area contributed by atoms with E-state index in [4.69, 9.17) is 17.3 Å². The Hall–Kier alpha value is -0.620. The molecule has 0 amide bonds. The quantitative estimate of drug-likeness (QED) is 0.908. The predicted molar refractivity (Wildman–Crippen MR) is 74.5 cm³/mol. The van der Waals surface area contributed by atoms with E-state index in [2.05, 4.69) is 0 Å². The summed E-state index contributed by atoms with van der Waals surface area (Å²) in [5.41, 5.74) is 5.98. The molecule has 4 nitrogen and oxygen atoms in total. The molecule has 1 aromatic carbocycles. The van der Waals surface area contributed by atoms with Gasteiger partial charge in [-0.2, -0.15) is 4.31 Å². The van der Waals surface area contributed by atoms with Crippen LogP contribution < -0.4 is 5.73 Å². The van der Waals surface area contributed by atoms with Crippen LogP contribution in [0.15, 0.2) is 29.2 Å². The number of hydrogen-bond acceptors (Lipinski definition) is 3. The lowest BCUT2D eigenvalue weighted by molar-refractivity contribution is 0.227. The van der Waals surface area contributed by atoms with Crippen LogP contribution in [-0.2, 0) is 10.0 Å². The molecule has 2 N–H and O–H groups in total. The first-order chi connectivity index (χ1) is 8.98. The Morgan fingerprint density at radius 2 is 1.84 bits per heavy atom. The van der Waals surface area contributed by atoms with Gasteiger partial charge in [-0.25, -0.2) is 8.42 Å². The summed E-state index contributed by atoms with van der Waals surface area (Å²) in [6, 6.07) is 6.72. The maximum atomic E-state index is 12.7. The average Bonchev–Trinajstić information content (AvgIpc) is 2.63. The number of hydrogen-bond donors (Lipinski definition) is 1. The number of nitrogens with two attached hydrogens (primary N) is 1. The monoisotopic (exact) mass is 300 g/mol. The van der Waals surface area contributed by atoms with Crippen molar-refractivity contribution in [1.82, 2.24) is 4.31 Å². The molecular weight excluding hydrogens is 284 g/mol. The minimum absolute atomic E-state index is 0.0535. The van der Waals surface area contributed by atoms with Gasteiger partial charge in [-0.05, 0) is 43.9 Å². The van der Waals surface area contributed by atoms with Crippen LogP contribution in [0.3, 0.4) is 0 Å². The van der Waals surface area contributed by atoms with E-state index in [-0.39, 0.29) is 23.0 Å². The zero-order valence-corrected chi connectivity index (χ0v) is 12.1. The SMILES string of the molecule is NC1CC2CCC(C1)N2S(=O)(=O)c1cccc(Cl)c1. The predicted octanol–water partition coefficient (Wildman–Crippen LogP) is 1.98. The molecule has 2 fully saturated rings. The Morgan fingerprint density at radius 3 is 2.42 bits per heavy atom. The maximum absolute atomic E-state index is 12.7. The number of fused-ring (bicyclic) bond motifs is 2. The van der Waals surface area contributed by atoms with E-state index in [0.29, 0.717) is 5.02 Å². The summed E-state index contributed by atoms with van der Waals surface area (Å²) in [6.07, 6.45) is 3.35. The lowest BCUT2D eigenvalue weighted by Crippen LogP contribution is -2.49. The molecule has 0 aliphatic carbocycles. The van der Waals surface area contributed by atoms with Crippen molar-refractivity contribution in [1.29, 1.82) is 0 Å². The van der Waals surface area contributed by atoms with Crippen LogP contribution in [-0.4, -0.2) is 30.8 Å². The third-order valence-electron chi connectivity index (χ3n) is 4.07.